The maximum absolute atomic E-state index is 14.2. The molecule has 0 unspecified atom stereocenters. The van der Waals surface area contributed by atoms with Crippen molar-refractivity contribution < 1.29 is 32.2 Å². The van der Waals surface area contributed by atoms with Crippen molar-refractivity contribution in [2.45, 2.75) is 37.5 Å². The molecule has 0 radical (unpaired) electrons. The molecule has 206 valence electrons. The fraction of sp³-hybridized carbons (Fsp3) is 0.290. The molecule has 0 N–H and O–H groups in total. The van der Waals surface area contributed by atoms with Gasteiger partial charge in [-0.05, 0) is 58.9 Å². The van der Waals surface area contributed by atoms with Gasteiger partial charge in [0.1, 0.15) is 17.6 Å². The molecule has 0 spiro atoms. The monoisotopic (exact) mass is 548 g/mol. The minimum atomic E-state index is -4.50. The number of aromatic nitrogens is 2. The standard InChI is InChI=1S/C31H27F3N2O4/c1-36-26(13-14-35-36)18-3-5-19(6-4-18)30-24-10-12-27(23(24)9-11-25(30)31(32,33)34)40-21-7-8-22-20(15-29(37)38-2)17-39-28(22)16-21/h3-9,11,13-14,16,20,27H,10,12,15,17H2,1-2H3/t20-,27-/m1/s1. The normalized spacial score (nSPS) is 17.7. The summed E-state index contributed by atoms with van der Waals surface area (Å²) >= 11 is 0. The van der Waals surface area contributed by atoms with Crippen LogP contribution in [0.2, 0.25) is 0 Å². The first kappa shape index (κ1) is 26.0. The molecule has 2 aliphatic rings. The van der Waals surface area contributed by atoms with E-state index < -0.39 is 17.8 Å². The van der Waals surface area contributed by atoms with Crippen LogP contribution in [0.4, 0.5) is 13.2 Å². The number of esters is 1. The van der Waals surface area contributed by atoms with Gasteiger partial charge in [0.05, 0.1) is 31.4 Å². The number of hydrogen-bond acceptors (Lipinski definition) is 5. The minimum absolute atomic E-state index is 0.0867. The zero-order chi connectivity index (χ0) is 28.0. The van der Waals surface area contributed by atoms with Crippen LogP contribution in [0, 0.1) is 0 Å². The Labute approximate surface area is 229 Å². The van der Waals surface area contributed by atoms with E-state index in [1.54, 1.807) is 35.1 Å². The first-order valence-electron chi connectivity index (χ1n) is 13.0. The highest BCUT2D eigenvalue weighted by Crippen LogP contribution is 2.47. The van der Waals surface area contributed by atoms with Gasteiger partial charge in [0.2, 0.25) is 0 Å². The van der Waals surface area contributed by atoms with Gasteiger partial charge in [-0.1, -0.05) is 36.4 Å². The van der Waals surface area contributed by atoms with Crippen LogP contribution in [-0.4, -0.2) is 29.5 Å². The van der Waals surface area contributed by atoms with Crippen LogP contribution >= 0.6 is 0 Å². The Morgan fingerprint density at radius 1 is 1.05 bits per heavy atom. The van der Waals surface area contributed by atoms with Gasteiger partial charge in [0.15, 0.2) is 0 Å². The molecule has 9 heteroatoms. The van der Waals surface area contributed by atoms with Crippen molar-refractivity contribution in [3.05, 3.63) is 89.1 Å². The second-order valence-corrected chi connectivity index (χ2v) is 10.1. The topological polar surface area (TPSA) is 62.6 Å². The maximum atomic E-state index is 14.2. The first-order chi connectivity index (χ1) is 19.2. The average molecular weight is 549 g/mol. The van der Waals surface area contributed by atoms with Gasteiger partial charge in [-0.2, -0.15) is 18.3 Å². The van der Waals surface area contributed by atoms with Crippen molar-refractivity contribution in [1.29, 1.82) is 0 Å². The van der Waals surface area contributed by atoms with Crippen LogP contribution in [0.15, 0.2) is 66.9 Å². The summed E-state index contributed by atoms with van der Waals surface area (Å²) in [6.07, 6.45) is -1.96. The molecule has 1 aromatic heterocycles. The largest absolute Gasteiger partial charge is 0.492 e. The number of methoxy groups -OCH3 is 1. The lowest BCUT2D eigenvalue weighted by molar-refractivity contribution is -0.141. The third-order valence-electron chi connectivity index (χ3n) is 7.73. The van der Waals surface area contributed by atoms with Crippen molar-refractivity contribution in [3.8, 4) is 33.9 Å². The molecular weight excluding hydrogens is 521 g/mol. The molecule has 2 atom stereocenters. The number of alkyl halides is 3. The lowest BCUT2D eigenvalue weighted by Crippen LogP contribution is -2.10. The van der Waals surface area contributed by atoms with Crippen LogP contribution in [0.5, 0.6) is 11.5 Å². The number of ether oxygens (including phenoxy) is 3. The van der Waals surface area contributed by atoms with Crippen molar-refractivity contribution in [1.82, 2.24) is 9.78 Å². The molecule has 0 fully saturated rings. The number of carbonyl (C=O) groups is 1. The fourth-order valence-electron chi connectivity index (χ4n) is 5.77. The van der Waals surface area contributed by atoms with Crippen LogP contribution in [0.1, 0.15) is 47.1 Å². The second kappa shape index (κ2) is 10.0. The van der Waals surface area contributed by atoms with E-state index in [-0.39, 0.29) is 23.9 Å². The van der Waals surface area contributed by atoms with E-state index in [0.717, 1.165) is 28.5 Å². The number of fused-ring (bicyclic) bond motifs is 2. The highest BCUT2D eigenvalue weighted by molar-refractivity contribution is 5.76. The predicted octanol–water partition coefficient (Wildman–Crippen LogP) is 6.88. The summed E-state index contributed by atoms with van der Waals surface area (Å²) in [5.41, 5.74) is 4.14. The zero-order valence-electron chi connectivity index (χ0n) is 22.0. The summed E-state index contributed by atoms with van der Waals surface area (Å²) in [5.74, 6) is 0.824. The SMILES string of the molecule is COC(=O)C[C@@H]1COc2cc(O[C@@H]3CCc4c3ccc(C(F)(F)F)c4-c3ccc(-c4ccnn4C)cc3)ccc21. The highest BCUT2D eigenvalue weighted by Gasteiger charge is 2.38. The summed E-state index contributed by atoms with van der Waals surface area (Å²) in [5, 5.41) is 4.18. The molecule has 2 heterocycles. The third-order valence-corrected chi connectivity index (χ3v) is 7.73. The first-order valence-corrected chi connectivity index (χ1v) is 13.0. The number of carbonyl (C=O) groups excluding carboxylic acids is 1. The summed E-state index contributed by atoms with van der Waals surface area (Å²) in [7, 11) is 3.18. The molecule has 1 aliphatic heterocycles. The Morgan fingerprint density at radius 3 is 2.50 bits per heavy atom. The number of benzene rings is 3. The van der Waals surface area contributed by atoms with E-state index in [1.807, 2.05) is 37.4 Å². The molecular formula is C31H27F3N2O4. The highest BCUT2D eigenvalue weighted by atomic mass is 19.4. The van der Waals surface area contributed by atoms with E-state index >= 15 is 0 Å². The van der Waals surface area contributed by atoms with Gasteiger partial charge in [0, 0.05) is 30.8 Å². The Kier molecular flexibility index (Phi) is 6.52. The lowest BCUT2D eigenvalue weighted by Gasteiger charge is -2.20. The second-order valence-electron chi connectivity index (χ2n) is 10.1. The fourth-order valence-corrected chi connectivity index (χ4v) is 5.77. The average Bonchev–Trinajstić information content (AvgIpc) is 3.66. The molecule has 0 saturated carbocycles. The summed E-state index contributed by atoms with van der Waals surface area (Å²) in [6, 6.07) is 17.2. The van der Waals surface area contributed by atoms with Gasteiger partial charge in [0.25, 0.3) is 0 Å². The maximum Gasteiger partial charge on any atom is 0.417 e. The van der Waals surface area contributed by atoms with E-state index in [4.69, 9.17) is 14.2 Å². The lowest BCUT2D eigenvalue weighted by atomic mass is 9.90. The molecule has 6 nitrogen and oxygen atoms in total. The Bertz CT molecular complexity index is 1580. The number of nitrogens with zero attached hydrogens (tertiary/aromatic N) is 2. The van der Waals surface area contributed by atoms with Crippen LogP contribution in [-0.2, 0) is 29.2 Å². The van der Waals surface area contributed by atoms with Gasteiger partial charge in [-0.15, -0.1) is 0 Å². The molecule has 6 rings (SSSR count). The van der Waals surface area contributed by atoms with Gasteiger partial charge in [-0.25, -0.2) is 0 Å². The minimum Gasteiger partial charge on any atom is -0.492 e. The molecule has 0 bridgehead atoms. The Balaban J connectivity index is 1.30. The van der Waals surface area contributed by atoms with E-state index in [0.29, 0.717) is 42.1 Å². The van der Waals surface area contributed by atoms with E-state index in [9.17, 15) is 18.0 Å². The quantitative estimate of drug-likeness (QED) is 0.246. The van der Waals surface area contributed by atoms with Gasteiger partial charge < -0.3 is 14.2 Å². The number of halogens is 3. The molecule has 0 amide bonds. The molecule has 4 aromatic rings. The van der Waals surface area contributed by atoms with Crippen LogP contribution in [0.3, 0.4) is 0 Å². The van der Waals surface area contributed by atoms with Crippen LogP contribution in [0.25, 0.3) is 22.4 Å². The third kappa shape index (κ3) is 4.69. The molecule has 3 aromatic carbocycles. The van der Waals surface area contributed by atoms with Crippen molar-refractivity contribution in [2.24, 2.45) is 7.05 Å². The van der Waals surface area contributed by atoms with Crippen molar-refractivity contribution in [3.63, 3.8) is 0 Å². The number of rotatable bonds is 6. The number of hydrogen-bond donors (Lipinski definition) is 0. The summed E-state index contributed by atoms with van der Waals surface area (Å²) in [6.45, 7) is 0.378. The molecule has 40 heavy (non-hydrogen) atoms. The summed E-state index contributed by atoms with van der Waals surface area (Å²) in [4.78, 5) is 11.7. The predicted molar refractivity (Wildman–Crippen MR) is 142 cm³/mol. The van der Waals surface area contributed by atoms with E-state index in [2.05, 4.69) is 5.10 Å². The zero-order valence-corrected chi connectivity index (χ0v) is 22.0. The van der Waals surface area contributed by atoms with Crippen molar-refractivity contribution in [2.75, 3.05) is 13.7 Å². The van der Waals surface area contributed by atoms with Gasteiger partial charge in [-0.3, -0.25) is 9.48 Å². The van der Waals surface area contributed by atoms with Crippen LogP contribution < -0.4 is 9.47 Å². The molecule has 0 saturated heterocycles. The van der Waals surface area contributed by atoms with E-state index in [1.165, 1.54) is 7.11 Å². The number of aryl methyl sites for hydroxylation is 1. The Morgan fingerprint density at radius 2 is 1.80 bits per heavy atom. The van der Waals surface area contributed by atoms with Crippen molar-refractivity contribution >= 4 is 5.97 Å². The smallest absolute Gasteiger partial charge is 0.417 e. The Hall–Kier alpha value is -4.27. The summed E-state index contributed by atoms with van der Waals surface area (Å²) < 4.78 is 61.1. The van der Waals surface area contributed by atoms with Gasteiger partial charge >= 0.3 is 12.1 Å². The molecule has 1 aliphatic carbocycles.